The summed E-state index contributed by atoms with van der Waals surface area (Å²) in [6, 6.07) is 3.96. The van der Waals surface area contributed by atoms with Crippen LogP contribution >= 0.6 is 11.6 Å². The fourth-order valence-corrected chi connectivity index (χ4v) is 1.55. The van der Waals surface area contributed by atoms with Crippen molar-refractivity contribution in [2.45, 2.75) is 18.6 Å². The van der Waals surface area contributed by atoms with Crippen LogP contribution in [0, 0.1) is 0 Å². The second kappa shape index (κ2) is 7.16. The maximum absolute atomic E-state index is 12.2. The normalized spacial score (nSPS) is 12.6. The fraction of sp³-hybridized carbons (Fsp3) is 0.333. The first-order valence-electron chi connectivity index (χ1n) is 5.64. The van der Waals surface area contributed by atoms with Crippen molar-refractivity contribution in [3.8, 4) is 5.75 Å². The van der Waals surface area contributed by atoms with Gasteiger partial charge in [0.2, 0.25) is 0 Å². The number of hydrogen-bond acceptors (Lipinski definition) is 3. The molecule has 116 valence electrons. The third-order valence-corrected chi connectivity index (χ3v) is 2.47. The van der Waals surface area contributed by atoms with Crippen LogP contribution < -0.4 is 10.1 Å². The van der Waals surface area contributed by atoms with Gasteiger partial charge in [-0.25, -0.2) is 4.79 Å². The lowest BCUT2D eigenvalue weighted by molar-refractivity contribution is -0.160. The molecule has 0 aliphatic heterocycles. The summed E-state index contributed by atoms with van der Waals surface area (Å²) in [5, 5.41) is 10.7. The Hall–Kier alpha value is -1.96. The molecule has 0 aliphatic carbocycles. The monoisotopic (exact) mass is 325 g/mol. The molecule has 21 heavy (non-hydrogen) atoms. The second-order valence-corrected chi connectivity index (χ2v) is 4.46. The van der Waals surface area contributed by atoms with Crippen LogP contribution in [0.5, 0.6) is 5.75 Å². The van der Waals surface area contributed by atoms with Crippen molar-refractivity contribution in [2.75, 3.05) is 6.61 Å². The number of carboxylic acid groups (broad SMARTS) is 1. The van der Waals surface area contributed by atoms with Gasteiger partial charge in [0.05, 0.1) is 6.42 Å². The lowest BCUT2D eigenvalue weighted by Gasteiger charge is -2.16. The van der Waals surface area contributed by atoms with E-state index in [1.165, 1.54) is 12.1 Å². The average molecular weight is 326 g/mol. The first-order chi connectivity index (χ1) is 9.67. The predicted octanol–water partition coefficient (Wildman–Crippen LogP) is 2.24. The zero-order valence-corrected chi connectivity index (χ0v) is 11.2. The minimum absolute atomic E-state index is 0.236. The number of aliphatic carboxylic acids is 1. The molecule has 1 aromatic carbocycles. The molecular formula is C12H11ClF3NO4. The molecule has 0 heterocycles. The summed E-state index contributed by atoms with van der Waals surface area (Å²) in [6.45, 7) is -0.623. The van der Waals surface area contributed by atoms with Crippen molar-refractivity contribution in [2.24, 2.45) is 0 Å². The summed E-state index contributed by atoms with van der Waals surface area (Å²) >= 11 is 5.68. The Balaban J connectivity index is 2.53. The topological polar surface area (TPSA) is 75.6 Å². The molecule has 1 rings (SSSR count). The Morgan fingerprint density at radius 2 is 2.05 bits per heavy atom. The zero-order valence-electron chi connectivity index (χ0n) is 10.5. The van der Waals surface area contributed by atoms with E-state index >= 15 is 0 Å². The van der Waals surface area contributed by atoms with Crippen LogP contribution in [0.3, 0.4) is 0 Å². The standard InChI is InChI=1S/C12H11ClF3NO4/c13-7-2-1-3-8(4-7)21-6-10(18)17-9(11(19)20)5-12(14,15)16/h1-4,9H,5-6H2,(H,17,18)(H,19,20). The molecule has 0 aliphatic rings. The molecule has 1 unspecified atom stereocenters. The van der Waals surface area contributed by atoms with Gasteiger partial charge < -0.3 is 15.2 Å². The van der Waals surface area contributed by atoms with E-state index in [2.05, 4.69) is 0 Å². The third kappa shape index (κ3) is 6.84. The molecule has 9 heteroatoms. The van der Waals surface area contributed by atoms with E-state index in [9.17, 15) is 22.8 Å². The molecule has 0 saturated heterocycles. The number of halogens is 4. The van der Waals surface area contributed by atoms with Gasteiger partial charge in [-0.1, -0.05) is 17.7 Å². The quantitative estimate of drug-likeness (QED) is 0.841. The summed E-state index contributed by atoms with van der Waals surface area (Å²) < 4.78 is 41.4. The Bertz CT molecular complexity index is 521. The van der Waals surface area contributed by atoms with Crippen molar-refractivity contribution in [3.63, 3.8) is 0 Å². The highest BCUT2D eigenvalue weighted by Gasteiger charge is 2.36. The number of carbonyl (C=O) groups is 2. The maximum atomic E-state index is 12.2. The summed E-state index contributed by atoms with van der Waals surface area (Å²) in [6.07, 6.45) is -6.37. The number of alkyl halides is 3. The Labute approximate surface area is 122 Å². The van der Waals surface area contributed by atoms with Crippen LogP contribution in [0.2, 0.25) is 5.02 Å². The SMILES string of the molecule is O=C(COc1cccc(Cl)c1)NC(CC(F)(F)F)C(=O)O. The van der Waals surface area contributed by atoms with E-state index in [-0.39, 0.29) is 5.75 Å². The van der Waals surface area contributed by atoms with Crippen molar-refractivity contribution in [1.82, 2.24) is 5.32 Å². The van der Waals surface area contributed by atoms with Crippen molar-refractivity contribution in [1.29, 1.82) is 0 Å². The molecule has 5 nitrogen and oxygen atoms in total. The Kier molecular flexibility index (Phi) is 5.83. The highest BCUT2D eigenvalue weighted by atomic mass is 35.5. The first-order valence-corrected chi connectivity index (χ1v) is 6.02. The summed E-state index contributed by atoms with van der Waals surface area (Å²) in [4.78, 5) is 22.1. The number of hydrogen-bond donors (Lipinski definition) is 2. The van der Waals surface area contributed by atoms with Gasteiger partial charge in [0.1, 0.15) is 11.8 Å². The molecule has 0 aromatic heterocycles. The Morgan fingerprint density at radius 1 is 1.38 bits per heavy atom. The molecule has 1 amide bonds. The van der Waals surface area contributed by atoms with E-state index in [0.29, 0.717) is 5.02 Å². The van der Waals surface area contributed by atoms with Gasteiger partial charge >= 0.3 is 12.1 Å². The molecule has 0 fully saturated rings. The van der Waals surface area contributed by atoms with Gasteiger partial charge in [-0.2, -0.15) is 13.2 Å². The zero-order chi connectivity index (χ0) is 16.0. The Morgan fingerprint density at radius 3 is 2.57 bits per heavy atom. The highest BCUT2D eigenvalue weighted by molar-refractivity contribution is 6.30. The second-order valence-electron chi connectivity index (χ2n) is 4.02. The van der Waals surface area contributed by atoms with E-state index in [4.69, 9.17) is 21.4 Å². The van der Waals surface area contributed by atoms with Gasteiger partial charge in [-0.05, 0) is 18.2 Å². The van der Waals surface area contributed by atoms with Gasteiger partial charge in [-0.3, -0.25) is 4.79 Å². The molecule has 0 spiro atoms. The van der Waals surface area contributed by atoms with Gasteiger partial charge in [-0.15, -0.1) is 0 Å². The molecule has 2 N–H and O–H groups in total. The van der Waals surface area contributed by atoms with Crippen molar-refractivity contribution in [3.05, 3.63) is 29.3 Å². The number of benzene rings is 1. The third-order valence-electron chi connectivity index (χ3n) is 2.23. The summed E-state index contributed by atoms with van der Waals surface area (Å²) in [7, 11) is 0. The van der Waals surface area contributed by atoms with Crippen LogP contribution in [0.15, 0.2) is 24.3 Å². The highest BCUT2D eigenvalue weighted by Crippen LogP contribution is 2.21. The number of carboxylic acids is 1. The first kappa shape index (κ1) is 17.1. The number of rotatable bonds is 6. The van der Waals surface area contributed by atoms with E-state index in [1.54, 1.807) is 17.4 Å². The number of amides is 1. The van der Waals surface area contributed by atoms with Crippen molar-refractivity contribution < 1.29 is 32.6 Å². The van der Waals surface area contributed by atoms with Crippen LogP contribution in [-0.2, 0) is 9.59 Å². The van der Waals surface area contributed by atoms with Gasteiger partial charge in [0.25, 0.3) is 5.91 Å². The van der Waals surface area contributed by atoms with Gasteiger partial charge in [0, 0.05) is 5.02 Å². The van der Waals surface area contributed by atoms with E-state index in [0.717, 1.165) is 0 Å². The largest absolute Gasteiger partial charge is 0.484 e. The predicted molar refractivity (Wildman–Crippen MR) is 67.2 cm³/mol. The molecule has 0 saturated carbocycles. The minimum atomic E-state index is -4.70. The summed E-state index contributed by atoms with van der Waals surface area (Å²) in [5.74, 6) is -2.52. The molecule has 1 atom stereocenters. The molecule has 0 radical (unpaired) electrons. The number of ether oxygens (including phenoxy) is 1. The lowest BCUT2D eigenvalue weighted by atomic mass is 10.2. The minimum Gasteiger partial charge on any atom is -0.484 e. The number of nitrogens with one attached hydrogen (secondary N) is 1. The van der Waals surface area contributed by atoms with E-state index < -0.39 is 37.1 Å². The van der Waals surface area contributed by atoms with Gasteiger partial charge in [0.15, 0.2) is 6.61 Å². The van der Waals surface area contributed by atoms with E-state index in [1.807, 2.05) is 0 Å². The van der Waals surface area contributed by atoms with Crippen LogP contribution in [0.4, 0.5) is 13.2 Å². The molecule has 1 aromatic rings. The van der Waals surface area contributed by atoms with Crippen LogP contribution in [-0.4, -0.2) is 35.8 Å². The van der Waals surface area contributed by atoms with Crippen LogP contribution in [0.25, 0.3) is 0 Å². The maximum Gasteiger partial charge on any atom is 0.391 e. The molecule has 0 bridgehead atoms. The smallest absolute Gasteiger partial charge is 0.391 e. The van der Waals surface area contributed by atoms with Crippen LogP contribution in [0.1, 0.15) is 6.42 Å². The fourth-order valence-electron chi connectivity index (χ4n) is 1.37. The summed E-state index contributed by atoms with van der Waals surface area (Å²) in [5.41, 5.74) is 0. The molecular weight excluding hydrogens is 315 g/mol. The number of carbonyl (C=O) groups excluding carboxylic acids is 1. The van der Waals surface area contributed by atoms with Crippen molar-refractivity contribution >= 4 is 23.5 Å². The lowest BCUT2D eigenvalue weighted by Crippen LogP contribution is -2.45. The average Bonchev–Trinajstić information content (AvgIpc) is 2.34.